The summed E-state index contributed by atoms with van der Waals surface area (Å²) in [5.41, 5.74) is 16.9. The van der Waals surface area contributed by atoms with Gasteiger partial charge >= 0.3 is 0 Å². The molecule has 0 saturated carbocycles. The SMILES string of the molecule is CNc1cc2c(s1)-c1ccc3c4c(ccc-2c14)-c1sc(-c2cc4c(s2)-c2ccc5c6c(ccc-4c26)-c2sc(C)cc2-5)cc1-3. The zero-order valence-electron chi connectivity index (χ0n) is 23.1. The summed E-state index contributed by atoms with van der Waals surface area (Å²) >= 11 is 7.75. The first-order chi connectivity index (χ1) is 21.2. The van der Waals surface area contributed by atoms with Gasteiger partial charge in [0.1, 0.15) is 0 Å². The Morgan fingerprint density at radius 3 is 1.23 bits per heavy atom. The smallest absolute Gasteiger partial charge is 0.0892 e. The average molecular weight is 618 g/mol. The first-order valence-electron chi connectivity index (χ1n) is 14.6. The van der Waals surface area contributed by atoms with E-state index < -0.39 is 0 Å². The van der Waals surface area contributed by atoms with Crippen LogP contribution < -0.4 is 5.32 Å². The topological polar surface area (TPSA) is 12.0 Å². The molecule has 0 amide bonds. The third kappa shape index (κ3) is 2.44. The minimum absolute atomic E-state index is 1.23. The summed E-state index contributed by atoms with van der Waals surface area (Å²) in [5.74, 6) is 0. The van der Waals surface area contributed by atoms with Crippen molar-refractivity contribution in [1.82, 2.24) is 0 Å². The van der Waals surface area contributed by atoms with Gasteiger partial charge in [-0.15, -0.1) is 45.3 Å². The number of rotatable bonds is 2. The second kappa shape index (κ2) is 7.20. The maximum atomic E-state index is 3.35. The van der Waals surface area contributed by atoms with Crippen LogP contribution in [0.5, 0.6) is 0 Å². The van der Waals surface area contributed by atoms with Crippen LogP contribution in [0.25, 0.3) is 118 Å². The van der Waals surface area contributed by atoms with Crippen molar-refractivity contribution in [2.45, 2.75) is 6.92 Å². The zero-order chi connectivity index (χ0) is 27.9. The molecule has 0 aliphatic heterocycles. The maximum Gasteiger partial charge on any atom is 0.0892 e. The van der Waals surface area contributed by atoms with Crippen LogP contribution in [-0.2, 0) is 0 Å². The van der Waals surface area contributed by atoms with Gasteiger partial charge in [-0.2, -0.15) is 0 Å². The van der Waals surface area contributed by atoms with E-state index in [0.29, 0.717) is 0 Å². The third-order valence-electron chi connectivity index (χ3n) is 10.0. The largest absolute Gasteiger partial charge is 0.380 e. The van der Waals surface area contributed by atoms with Crippen molar-refractivity contribution in [3.63, 3.8) is 0 Å². The van der Waals surface area contributed by atoms with Gasteiger partial charge in [0, 0.05) is 85.7 Å². The monoisotopic (exact) mass is 617 g/mol. The number of hydrogen-bond acceptors (Lipinski definition) is 5. The summed E-state index contributed by atoms with van der Waals surface area (Å²) in [7, 11) is 2.01. The standard InChI is InChI=1S/C38H19NS4/c1-15-11-24-16-3-8-21-32-17(4-7-20(31(16)32)35(24)40-15)25-12-28(41-36(21)25)29-13-26-18-5-10-23-34-19(27-14-30(39-2)43-38(23)27)6-9-22(33(18)34)37(26)42-29/h3-14,39H,1-2H3. The number of hydrogen-bond donors (Lipinski definition) is 1. The lowest BCUT2D eigenvalue weighted by molar-refractivity contribution is 1.59. The molecule has 43 heavy (non-hydrogen) atoms. The van der Waals surface area contributed by atoms with E-state index in [1.807, 2.05) is 52.4 Å². The number of benzene rings is 4. The summed E-state index contributed by atoms with van der Waals surface area (Å²) in [6, 6.07) is 28.7. The van der Waals surface area contributed by atoms with Crippen LogP contribution in [0.1, 0.15) is 4.88 Å². The Bertz CT molecular complexity index is 2510. The number of anilines is 1. The van der Waals surface area contributed by atoms with Gasteiger partial charge in [-0.1, -0.05) is 48.5 Å². The van der Waals surface area contributed by atoms with Crippen LogP contribution in [0.3, 0.4) is 0 Å². The van der Waals surface area contributed by atoms with Gasteiger partial charge in [-0.3, -0.25) is 0 Å². The molecule has 0 unspecified atom stereocenters. The lowest BCUT2D eigenvalue weighted by Crippen LogP contribution is -1.82. The third-order valence-corrected chi connectivity index (χ3v) is 14.8. The van der Waals surface area contributed by atoms with Crippen LogP contribution >= 0.6 is 45.3 Å². The van der Waals surface area contributed by atoms with Crippen LogP contribution in [-0.4, -0.2) is 7.05 Å². The highest BCUT2D eigenvalue weighted by molar-refractivity contribution is 7.26. The van der Waals surface area contributed by atoms with Gasteiger partial charge in [-0.05, 0) is 75.0 Å². The molecular formula is C38H19NS4. The molecule has 0 atom stereocenters. The molecule has 4 aliphatic carbocycles. The van der Waals surface area contributed by atoms with Crippen molar-refractivity contribution in [3.05, 3.63) is 77.7 Å². The fraction of sp³-hybridized carbons (Fsp3) is 0.0526. The molecule has 4 aliphatic rings. The molecule has 0 radical (unpaired) electrons. The van der Waals surface area contributed by atoms with E-state index in [1.165, 1.54) is 127 Å². The summed E-state index contributed by atoms with van der Waals surface area (Å²) < 4.78 is 0. The van der Waals surface area contributed by atoms with E-state index >= 15 is 0 Å². The first kappa shape index (κ1) is 22.5. The molecular weight excluding hydrogens is 599 g/mol. The Morgan fingerprint density at radius 1 is 0.395 bits per heavy atom. The predicted molar refractivity (Wildman–Crippen MR) is 190 cm³/mol. The van der Waals surface area contributed by atoms with Gasteiger partial charge in [0.2, 0.25) is 0 Å². The maximum absolute atomic E-state index is 3.35. The Kier molecular flexibility index (Phi) is 3.77. The summed E-state index contributed by atoms with van der Waals surface area (Å²) in [5, 5.41) is 10.4. The fourth-order valence-corrected chi connectivity index (χ4v) is 12.9. The lowest BCUT2D eigenvalue weighted by Gasteiger charge is -2.07. The molecule has 0 bridgehead atoms. The van der Waals surface area contributed by atoms with Gasteiger partial charge < -0.3 is 5.32 Å². The van der Waals surface area contributed by atoms with E-state index in [0.717, 1.165) is 0 Å². The Balaban J connectivity index is 1.000. The van der Waals surface area contributed by atoms with Crippen molar-refractivity contribution in [2.24, 2.45) is 0 Å². The molecule has 5 heteroatoms. The second-order valence-corrected chi connectivity index (χ2v) is 16.5. The molecule has 0 spiro atoms. The van der Waals surface area contributed by atoms with Gasteiger partial charge in [0.05, 0.1) is 5.00 Å². The molecule has 0 saturated heterocycles. The molecule has 8 aromatic rings. The molecule has 1 N–H and O–H groups in total. The predicted octanol–water partition coefficient (Wildman–Crippen LogP) is 12.8. The fourth-order valence-electron chi connectivity index (χ4n) is 8.30. The number of thiophene rings is 4. The van der Waals surface area contributed by atoms with Crippen LogP contribution in [0.4, 0.5) is 5.00 Å². The molecule has 4 aromatic heterocycles. The zero-order valence-corrected chi connectivity index (χ0v) is 26.3. The van der Waals surface area contributed by atoms with Crippen molar-refractivity contribution < 1.29 is 0 Å². The van der Waals surface area contributed by atoms with Crippen molar-refractivity contribution in [3.8, 4) is 96.0 Å². The van der Waals surface area contributed by atoms with Crippen LogP contribution in [0.2, 0.25) is 0 Å². The Labute approximate surface area is 263 Å². The van der Waals surface area contributed by atoms with Crippen molar-refractivity contribution in [2.75, 3.05) is 12.4 Å². The van der Waals surface area contributed by atoms with Crippen LogP contribution in [0, 0.1) is 6.92 Å². The molecule has 4 heterocycles. The molecule has 1 nitrogen and oxygen atoms in total. The van der Waals surface area contributed by atoms with Gasteiger partial charge in [0.25, 0.3) is 0 Å². The average Bonchev–Trinajstić information content (AvgIpc) is 3.86. The normalized spacial score (nSPS) is 13.3. The van der Waals surface area contributed by atoms with Crippen LogP contribution in [0.15, 0.2) is 72.8 Å². The first-order valence-corrected chi connectivity index (χ1v) is 17.9. The van der Waals surface area contributed by atoms with E-state index in [4.69, 9.17) is 0 Å². The Morgan fingerprint density at radius 2 is 0.767 bits per heavy atom. The minimum Gasteiger partial charge on any atom is -0.380 e. The van der Waals surface area contributed by atoms with E-state index in [1.54, 1.807) is 0 Å². The molecule has 4 aromatic carbocycles. The molecule has 12 rings (SSSR count). The van der Waals surface area contributed by atoms with E-state index in [9.17, 15) is 0 Å². The lowest BCUT2D eigenvalue weighted by atomic mass is 9.97. The number of aryl methyl sites for hydroxylation is 1. The highest BCUT2D eigenvalue weighted by Gasteiger charge is 2.34. The summed E-state index contributed by atoms with van der Waals surface area (Å²) in [4.78, 5) is 9.88. The number of fused-ring (bicyclic) bond motifs is 12. The Hall–Kier alpha value is -4.00. The van der Waals surface area contributed by atoms with Gasteiger partial charge in [-0.25, -0.2) is 0 Å². The quantitative estimate of drug-likeness (QED) is 0.203. The highest BCUT2D eigenvalue weighted by atomic mass is 32.1. The van der Waals surface area contributed by atoms with E-state index in [-0.39, 0.29) is 0 Å². The van der Waals surface area contributed by atoms with E-state index in [2.05, 4.69) is 85.0 Å². The minimum atomic E-state index is 1.23. The molecule has 0 fully saturated rings. The number of nitrogens with one attached hydrogen (secondary N) is 1. The van der Waals surface area contributed by atoms with Gasteiger partial charge in [0.15, 0.2) is 0 Å². The second-order valence-electron chi connectivity index (χ2n) is 12.1. The highest BCUT2D eigenvalue weighted by Crippen LogP contribution is 2.63. The molecule has 200 valence electrons. The van der Waals surface area contributed by atoms with Crippen molar-refractivity contribution >= 4 is 71.9 Å². The van der Waals surface area contributed by atoms with Crippen molar-refractivity contribution in [1.29, 1.82) is 0 Å². The summed E-state index contributed by atoms with van der Waals surface area (Å²) in [6.45, 7) is 2.23. The summed E-state index contributed by atoms with van der Waals surface area (Å²) in [6.07, 6.45) is 0.